The molecule has 31 heavy (non-hydrogen) atoms. The van der Waals surface area contributed by atoms with Gasteiger partial charge in [0.2, 0.25) is 17.7 Å². The van der Waals surface area contributed by atoms with Gasteiger partial charge in [0, 0.05) is 13.1 Å². The minimum atomic E-state index is -1.16. The number of aliphatic carboxylic acids is 1. The summed E-state index contributed by atoms with van der Waals surface area (Å²) >= 11 is 1.53. The lowest BCUT2D eigenvalue weighted by molar-refractivity contribution is -0.142. The van der Waals surface area contributed by atoms with Crippen molar-refractivity contribution >= 4 is 41.4 Å². The smallest absolute Gasteiger partial charge is 0.322 e. The van der Waals surface area contributed by atoms with Crippen molar-refractivity contribution in [1.82, 2.24) is 15.5 Å². The summed E-state index contributed by atoms with van der Waals surface area (Å²) < 4.78 is 0. The van der Waals surface area contributed by atoms with Crippen LogP contribution in [0.1, 0.15) is 32.1 Å². The molecule has 0 spiro atoms. The topological polar surface area (TPSA) is 206 Å². The number of carbonyl (C=O) groups is 4. The number of guanidine groups is 1. The van der Waals surface area contributed by atoms with Crippen molar-refractivity contribution in [2.75, 3.05) is 31.6 Å². The Balaban J connectivity index is 2.74. The Bertz CT molecular complexity index is 672. The molecule has 0 aromatic rings. The van der Waals surface area contributed by atoms with Crippen LogP contribution in [0, 0.1) is 0 Å². The van der Waals surface area contributed by atoms with Crippen molar-refractivity contribution in [2.45, 2.75) is 50.2 Å². The van der Waals surface area contributed by atoms with Crippen LogP contribution in [0.4, 0.5) is 0 Å². The number of aliphatic imine (C=N–C) groups is 1. The van der Waals surface area contributed by atoms with E-state index in [0.717, 1.165) is 0 Å². The van der Waals surface area contributed by atoms with Crippen LogP contribution in [-0.2, 0) is 19.2 Å². The van der Waals surface area contributed by atoms with Crippen LogP contribution in [0.3, 0.4) is 0 Å². The average Bonchev–Trinajstić information content (AvgIpc) is 3.21. The summed E-state index contributed by atoms with van der Waals surface area (Å²) in [6, 6.07) is -2.41. The molecule has 9 N–H and O–H groups in total. The molecule has 3 atom stereocenters. The summed E-state index contributed by atoms with van der Waals surface area (Å²) in [5.41, 5.74) is 16.4. The van der Waals surface area contributed by atoms with E-state index >= 15 is 0 Å². The standard InChI is InChI=1S/C18H33N7O5S/c1-31-9-6-12(24-15(28)11(19)4-2-7-22-18(20)21)17(30)25-8-3-5-13(25)16(29)23-10-14(26)27/h11-13H,2-10,19H2,1H3,(H,23,29)(H,24,28)(H,26,27)(H4,20,21,22). The number of nitrogens with two attached hydrogens (primary N) is 3. The van der Waals surface area contributed by atoms with E-state index < -0.39 is 42.5 Å². The monoisotopic (exact) mass is 459 g/mol. The molecule has 3 amide bonds. The summed E-state index contributed by atoms with van der Waals surface area (Å²) in [6.45, 7) is 0.192. The summed E-state index contributed by atoms with van der Waals surface area (Å²) in [4.78, 5) is 53.9. The van der Waals surface area contributed by atoms with E-state index in [2.05, 4.69) is 15.6 Å². The largest absolute Gasteiger partial charge is 0.480 e. The molecule has 1 saturated heterocycles. The summed E-state index contributed by atoms with van der Waals surface area (Å²) in [6.07, 6.45) is 4.17. The van der Waals surface area contributed by atoms with Gasteiger partial charge in [-0.25, -0.2) is 0 Å². The van der Waals surface area contributed by atoms with E-state index in [1.54, 1.807) is 0 Å². The number of thioether (sulfide) groups is 1. The van der Waals surface area contributed by atoms with Crippen LogP contribution in [0.2, 0.25) is 0 Å². The fourth-order valence-electron chi connectivity index (χ4n) is 3.21. The molecule has 1 aliphatic rings. The second-order valence-electron chi connectivity index (χ2n) is 7.20. The summed E-state index contributed by atoms with van der Waals surface area (Å²) in [7, 11) is 0. The number of rotatable bonds is 13. The Morgan fingerprint density at radius 3 is 2.58 bits per heavy atom. The van der Waals surface area contributed by atoms with Crippen LogP contribution in [0.15, 0.2) is 4.99 Å². The number of hydrogen-bond donors (Lipinski definition) is 6. The van der Waals surface area contributed by atoms with E-state index in [1.807, 2.05) is 6.26 Å². The van der Waals surface area contributed by atoms with E-state index in [4.69, 9.17) is 22.3 Å². The predicted octanol–water partition coefficient (Wildman–Crippen LogP) is -2.20. The first-order chi connectivity index (χ1) is 14.7. The molecule has 13 heteroatoms. The fraction of sp³-hybridized carbons (Fsp3) is 0.722. The highest BCUT2D eigenvalue weighted by atomic mass is 32.2. The van der Waals surface area contributed by atoms with Gasteiger partial charge >= 0.3 is 5.97 Å². The Labute approximate surface area is 185 Å². The Morgan fingerprint density at radius 1 is 1.26 bits per heavy atom. The van der Waals surface area contributed by atoms with Gasteiger partial charge in [-0.1, -0.05) is 0 Å². The quantitative estimate of drug-likeness (QED) is 0.100. The van der Waals surface area contributed by atoms with Gasteiger partial charge in [-0.05, 0) is 44.1 Å². The number of hydrogen-bond acceptors (Lipinski definition) is 7. The van der Waals surface area contributed by atoms with Crippen LogP contribution in [-0.4, -0.2) is 89.4 Å². The maximum Gasteiger partial charge on any atom is 0.322 e. The maximum atomic E-state index is 13.1. The number of nitrogens with one attached hydrogen (secondary N) is 2. The third kappa shape index (κ3) is 9.42. The molecule has 0 bridgehead atoms. The highest BCUT2D eigenvalue weighted by Crippen LogP contribution is 2.20. The first-order valence-corrected chi connectivity index (χ1v) is 11.5. The number of likely N-dealkylation sites (tertiary alicyclic amines) is 1. The third-order valence-electron chi connectivity index (χ3n) is 4.78. The number of carbonyl (C=O) groups excluding carboxylic acids is 3. The number of carboxylic acid groups (broad SMARTS) is 1. The lowest BCUT2D eigenvalue weighted by Gasteiger charge is -2.29. The van der Waals surface area contributed by atoms with Gasteiger partial charge in [-0.15, -0.1) is 0 Å². The van der Waals surface area contributed by atoms with Crippen molar-refractivity contribution in [3.8, 4) is 0 Å². The fourth-order valence-corrected chi connectivity index (χ4v) is 3.68. The van der Waals surface area contributed by atoms with Crippen molar-refractivity contribution in [2.24, 2.45) is 22.2 Å². The molecule has 0 aliphatic carbocycles. The summed E-state index contributed by atoms with van der Waals surface area (Å²) in [5.74, 6) is -1.92. The van der Waals surface area contributed by atoms with Crippen molar-refractivity contribution in [3.63, 3.8) is 0 Å². The number of carboxylic acids is 1. The van der Waals surface area contributed by atoms with Crippen molar-refractivity contribution in [3.05, 3.63) is 0 Å². The molecular formula is C18H33N7O5S. The molecule has 1 rings (SSSR count). The number of amides is 3. The minimum Gasteiger partial charge on any atom is -0.480 e. The second kappa shape index (κ2) is 13.7. The molecule has 3 unspecified atom stereocenters. The Hall–Kier alpha value is -2.54. The zero-order valence-electron chi connectivity index (χ0n) is 17.7. The molecule has 1 aliphatic heterocycles. The van der Waals surface area contributed by atoms with Crippen LogP contribution < -0.4 is 27.8 Å². The number of nitrogens with zero attached hydrogens (tertiary/aromatic N) is 2. The van der Waals surface area contributed by atoms with Gasteiger partial charge in [0.25, 0.3) is 0 Å². The highest BCUT2D eigenvalue weighted by Gasteiger charge is 2.37. The van der Waals surface area contributed by atoms with Crippen LogP contribution in [0.5, 0.6) is 0 Å². The van der Waals surface area contributed by atoms with Gasteiger partial charge in [-0.2, -0.15) is 11.8 Å². The minimum absolute atomic E-state index is 0.0340. The third-order valence-corrected chi connectivity index (χ3v) is 5.43. The van der Waals surface area contributed by atoms with Gasteiger partial charge < -0.3 is 37.8 Å². The SMILES string of the molecule is CSCCC(NC(=O)C(N)CCCN=C(N)N)C(=O)N1CCCC1C(=O)NCC(=O)O. The van der Waals surface area contributed by atoms with Crippen molar-refractivity contribution in [1.29, 1.82) is 0 Å². The maximum absolute atomic E-state index is 13.1. The van der Waals surface area contributed by atoms with Crippen molar-refractivity contribution < 1.29 is 24.3 Å². The second-order valence-corrected chi connectivity index (χ2v) is 8.18. The zero-order valence-corrected chi connectivity index (χ0v) is 18.5. The van der Waals surface area contributed by atoms with Crippen LogP contribution >= 0.6 is 11.8 Å². The lowest BCUT2D eigenvalue weighted by Crippen LogP contribution is -2.56. The molecule has 1 fully saturated rings. The van der Waals surface area contributed by atoms with Gasteiger partial charge in [0.15, 0.2) is 5.96 Å². The van der Waals surface area contributed by atoms with Gasteiger partial charge in [0.05, 0.1) is 6.04 Å². The van der Waals surface area contributed by atoms with E-state index in [0.29, 0.717) is 50.9 Å². The normalized spacial score (nSPS) is 17.5. The first-order valence-electron chi connectivity index (χ1n) is 10.1. The Kier molecular flexibility index (Phi) is 11.7. The van der Waals surface area contributed by atoms with E-state index in [9.17, 15) is 19.2 Å². The molecule has 1 heterocycles. The molecule has 0 aromatic carbocycles. The molecule has 0 saturated carbocycles. The molecule has 12 nitrogen and oxygen atoms in total. The van der Waals surface area contributed by atoms with Gasteiger partial charge in [-0.3, -0.25) is 24.2 Å². The summed E-state index contributed by atoms with van der Waals surface area (Å²) in [5, 5.41) is 13.8. The zero-order chi connectivity index (χ0) is 23.4. The lowest BCUT2D eigenvalue weighted by atomic mass is 10.1. The predicted molar refractivity (Wildman–Crippen MR) is 118 cm³/mol. The first kappa shape index (κ1) is 26.5. The highest BCUT2D eigenvalue weighted by molar-refractivity contribution is 7.98. The molecule has 0 radical (unpaired) electrons. The molecule has 0 aromatic heterocycles. The van der Waals surface area contributed by atoms with E-state index in [-0.39, 0.29) is 11.9 Å². The van der Waals surface area contributed by atoms with Crippen LogP contribution in [0.25, 0.3) is 0 Å². The Morgan fingerprint density at radius 2 is 1.97 bits per heavy atom. The average molecular weight is 460 g/mol. The molecule has 176 valence electrons. The molecular weight excluding hydrogens is 426 g/mol. The van der Waals surface area contributed by atoms with Gasteiger partial charge in [0.1, 0.15) is 18.6 Å². The van der Waals surface area contributed by atoms with E-state index in [1.165, 1.54) is 16.7 Å².